The molecule has 1 aliphatic rings. The molecule has 11 heavy (non-hydrogen) atoms. The van der Waals surface area contributed by atoms with Crippen LogP contribution in [0.5, 0.6) is 0 Å². The minimum absolute atomic E-state index is 0.368. The SMILES string of the molecule is CC(=O)N[C@@H]1NC(=O)NC1=O. The Balaban J connectivity index is 2.53. The lowest BCUT2D eigenvalue weighted by Crippen LogP contribution is -2.45. The highest BCUT2D eigenvalue weighted by molar-refractivity contribution is 6.05. The first-order valence-corrected chi connectivity index (χ1v) is 2.98. The number of hydrogen-bond acceptors (Lipinski definition) is 3. The van der Waals surface area contributed by atoms with Crippen molar-refractivity contribution in [3.8, 4) is 0 Å². The maximum Gasteiger partial charge on any atom is 0.323 e. The maximum absolute atomic E-state index is 10.7. The fourth-order valence-electron chi connectivity index (χ4n) is 0.722. The van der Waals surface area contributed by atoms with Gasteiger partial charge in [0.1, 0.15) is 0 Å². The Morgan fingerprint density at radius 2 is 2.18 bits per heavy atom. The molecule has 1 aliphatic heterocycles. The maximum atomic E-state index is 10.7. The van der Waals surface area contributed by atoms with Gasteiger partial charge in [0.2, 0.25) is 5.91 Å². The highest BCUT2D eigenvalue weighted by atomic mass is 16.2. The Kier molecular flexibility index (Phi) is 1.75. The van der Waals surface area contributed by atoms with Crippen molar-refractivity contribution in [1.29, 1.82) is 0 Å². The van der Waals surface area contributed by atoms with Gasteiger partial charge in [0.15, 0.2) is 6.17 Å². The van der Waals surface area contributed by atoms with E-state index in [9.17, 15) is 14.4 Å². The molecule has 1 fully saturated rings. The fourth-order valence-corrected chi connectivity index (χ4v) is 0.722. The smallest absolute Gasteiger partial charge is 0.323 e. The topological polar surface area (TPSA) is 87.3 Å². The Morgan fingerprint density at radius 1 is 1.55 bits per heavy atom. The number of imide groups is 1. The van der Waals surface area contributed by atoms with E-state index in [2.05, 4.69) is 10.6 Å². The molecule has 1 heterocycles. The van der Waals surface area contributed by atoms with E-state index in [-0.39, 0.29) is 5.91 Å². The average molecular weight is 157 g/mol. The number of hydrogen-bond donors (Lipinski definition) is 3. The van der Waals surface area contributed by atoms with Crippen molar-refractivity contribution in [2.45, 2.75) is 13.1 Å². The summed E-state index contributed by atoms with van der Waals surface area (Å²) in [5, 5.41) is 6.41. The number of carbonyl (C=O) groups is 3. The number of urea groups is 1. The second-order valence-electron chi connectivity index (χ2n) is 2.10. The van der Waals surface area contributed by atoms with Gasteiger partial charge in [-0.3, -0.25) is 14.9 Å². The van der Waals surface area contributed by atoms with Crippen LogP contribution in [-0.2, 0) is 9.59 Å². The predicted octanol–water partition coefficient (Wildman–Crippen LogP) is -1.71. The van der Waals surface area contributed by atoms with Crippen LogP contribution in [0.1, 0.15) is 6.92 Å². The molecule has 60 valence electrons. The quantitative estimate of drug-likeness (QED) is 0.396. The van der Waals surface area contributed by atoms with E-state index < -0.39 is 18.1 Å². The third-order valence-electron chi connectivity index (χ3n) is 1.12. The Bertz CT molecular complexity index is 225. The van der Waals surface area contributed by atoms with Crippen LogP contribution in [0, 0.1) is 0 Å². The molecular formula is C5H7N3O3. The van der Waals surface area contributed by atoms with Crippen molar-refractivity contribution in [2.24, 2.45) is 0 Å². The molecule has 0 aromatic rings. The molecule has 0 spiro atoms. The van der Waals surface area contributed by atoms with Crippen LogP contribution in [0.3, 0.4) is 0 Å². The van der Waals surface area contributed by atoms with Crippen LogP contribution in [-0.4, -0.2) is 24.0 Å². The van der Waals surface area contributed by atoms with E-state index in [0.717, 1.165) is 0 Å². The summed E-state index contributed by atoms with van der Waals surface area (Å²) in [6, 6.07) is -0.589. The molecule has 6 nitrogen and oxygen atoms in total. The lowest BCUT2D eigenvalue weighted by atomic mass is 10.5. The van der Waals surface area contributed by atoms with Gasteiger partial charge in [-0.15, -0.1) is 0 Å². The molecule has 4 amide bonds. The number of nitrogens with one attached hydrogen (secondary N) is 3. The summed E-state index contributed by atoms with van der Waals surface area (Å²) in [6.07, 6.45) is -0.917. The van der Waals surface area contributed by atoms with E-state index in [4.69, 9.17) is 0 Å². The second kappa shape index (κ2) is 2.57. The molecule has 0 radical (unpaired) electrons. The zero-order valence-electron chi connectivity index (χ0n) is 5.80. The first-order valence-electron chi connectivity index (χ1n) is 2.98. The first-order chi connectivity index (χ1) is 5.09. The van der Waals surface area contributed by atoms with Crippen LogP contribution in [0.2, 0.25) is 0 Å². The number of carbonyl (C=O) groups excluding carboxylic acids is 3. The highest BCUT2D eigenvalue weighted by Gasteiger charge is 2.29. The highest BCUT2D eigenvalue weighted by Crippen LogP contribution is 1.87. The predicted molar refractivity (Wildman–Crippen MR) is 34.3 cm³/mol. The average Bonchev–Trinajstić information content (AvgIpc) is 2.09. The van der Waals surface area contributed by atoms with Gasteiger partial charge in [-0.1, -0.05) is 0 Å². The summed E-state index contributed by atoms with van der Waals surface area (Å²) < 4.78 is 0. The van der Waals surface area contributed by atoms with Crippen LogP contribution in [0.25, 0.3) is 0 Å². The van der Waals surface area contributed by atoms with Crippen molar-refractivity contribution < 1.29 is 14.4 Å². The van der Waals surface area contributed by atoms with E-state index in [1.54, 1.807) is 0 Å². The van der Waals surface area contributed by atoms with Gasteiger partial charge in [-0.25, -0.2) is 4.79 Å². The van der Waals surface area contributed by atoms with Crippen LogP contribution in [0.15, 0.2) is 0 Å². The van der Waals surface area contributed by atoms with Gasteiger partial charge in [0, 0.05) is 6.92 Å². The zero-order chi connectivity index (χ0) is 8.43. The molecule has 0 aromatic heterocycles. The molecule has 3 N–H and O–H groups in total. The summed E-state index contributed by atoms with van der Waals surface area (Å²) in [7, 11) is 0. The van der Waals surface area contributed by atoms with Gasteiger partial charge in [0.05, 0.1) is 0 Å². The van der Waals surface area contributed by atoms with Gasteiger partial charge in [0.25, 0.3) is 5.91 Å². The monoisotopic (exact) mass is 157 g/mol. The molecular weight excluding hydrogens is 150 g/mol. The molecule has 0 aliphatic carbocycles. The zero-order valence-corrected chi connectivity index (χ0v) is 5.80. The molecule has 6 heteroatoms. The van der Waals surface area contributed by atoms with E-state index >= 15 is 0 Å². The molecule has 0 bridgehead atoms. The lowest BCUT2D eigenvalue weighted by Gasteiger charge is -2.05. The molecule has 1 saturated heterocycles. The normalized spacial score (nSPS) is 22.5. The molecule has 1 atom stereocenters. The van der Waals surface area contributed by atoms with Crippen molar-refractivity contribution >= 4 is 17.8 Å². The van der Waals surface area contributed by atoms with Gasteiger partial charge in [-0.05, 0) is 0 Å². The van der Waals surface area contributed by atoms with Crippen LogP contribution in [0.4, 0.5) is 4.79 Å². The summed E-state index contributed by atoms with van der Waals surface area (Å²) >= 11 is 0. The Labute approximate surface area is 62.3 Å². The Morgan fingerprint density at radius 3 is 2.55 bits per heavy atom. The Hall–Kier alpha value is -1.59. The first kappa shape index (κ1) is 7.52. The van der Waals surface area contributed by atoms with Crippen LogP contribution >= 0.6 is 0 Å². The standard InChI is InChI=1S/C5H7N3O3/c1-2(9)6-3-4(10)8-5(11)7-3/h3H,1H3,(H,6,9)(H2,7,8,10,11)/t3-/m1/s1. The minimum Gasteiger partial charge on any atom is -0.328 e. The summed E-state index contributed by atoms with van der Waals surface area (Å²) in [4.78, 5) is 31.6. The van der Waals surface area contributed by atoms with E-state index in [1.807, 2.05) is 5.32 Å². The number of rotatable bonds is 1. The van der Waals surface area contributed by atoms with Crippen molar-refractivity contribution in [3.05, 3.63) is 0 Å². The van der Waals surface area contributed by atoms with Crippen LogP contribution < -0.4 is 16.0 Å². The fraction of sp³-hybridized carbons (Fsp3) is 0.400. The summed E-state index contributed by atoms with van der Waals surface area (Å²) in [6.45, 7) is 1.26. The third-order valence-corrected chi connectivity index (χ3v) is 1.12. The van der Waals surface area contributed by atoms with Gasteiger partial charge in [-0.2, -0.15) is 0 Å². The number of amides is 4. The van der Waals surface area contributed by atoms with Crippen molar-refractivity contribution in [2.75, 3.05) is 0 Å². The summed E-state index contributed by atoms with van der Waals surface area (Å²) in [5.74, 6) is -0.905. The largest absolute Gasteiger partial charge is 0.328 e. The van der Waals surface area contributed by atoms with Gasteiger partial charge >= 0.3 is 6.03 Å². The second-order valence-corrected chi connectivity index (χ2v) is 2.10. The van der Waals surface area contributed by atoms with Crippen molar-refractivity contribution in [1.82, 2.24) is 16.0 Å². The molecule has 0 unspecified atom stereocenters. The third kappa shape index (κ3) is 1.66. The minimum atomic E-state index is -0.917. The van der Waals surface area contributed by atoms with Crippen molar-refractivity contribution in [3.63, 3.8) is 0 Å². The van der Waals surface area contributed by atoms with Gasteiger partial charge < -0.3 is 10.6 Å². The molecule has 1 rings (SSSR count). The van der Waals surface area contributed by atoms with E-state index in [0.29, 0.717) is 0 Å². The molecule has 0 saturated carbocycles. The molecule has 0 aromatic carbocycles. The summed E-state index contributed by atoms with van der Waals surface area (Å²) in [5.41, 5.74) is 0. The van der Waals surface area contributed by atoms with E-state index in [1.165, 1.54) is 6.92 Å². The lowest BCUT2D eigenvalue weighted by molar-refractivity contribution is -0.126.